The molecular weight excluding hydrogens is 334 g/mol. The van der Waals surface area contributed by atoms with Crippen molar-refractivity contribution in [2.75, 3.05) is 20.3 Å². The Kier molecular flexibility index (Phi) is 5.06. The van der Waals surface area contributed by atoms with Crippen molar-refractivity contribution in [2.24, 2.45) is 7.05 Å². The van der Waals surface area contributed by atoms with Gasteiger partial charge in [0.05, 0.1) is 42.9 Å². The number of aromatic nitrogens is 4. The van der Waals surface area contributed by atoms with Crippen molar-refractivity contribution in [1.29, 1.82) is 0 Å². The first-order valence-corrected chi connectivity index (χ1v) is 8.07. The molecule has 0 spiro atoms. The molecule has 1 saturated heterocycles. The van der Waals surface area contributed by atoms with Crippen molar-refractivity contribution in [3.8, 4) is 5.75 Å². The number of hydrogen-bond donors (Lipinski definition) is 0. The maximum absolute atomic E-state index is 12.4. The van der Waals surface area contributed by atoms with E-state index in [1.807, 2.05) is 7.05 Å². The summed E-state index contributed by atoms with van der Waals surface area (Å²) in [4.78, 5) is 14.1. The summed E-state index contributed by atoms with van der Waals surface area (Å²) in [5, 5.41) is 8.71. The number of nitrogens with zero attached hydrogens (tertiary/aromatic N) is 5. The number of ether oxygens (including phenoxy) is 2. The number of rotatable bonds is 6. The molecule has 0 saturated carbocycles. The van der Waals surface area contributed by atoms with Crippen LogP contribution in [0.15, 0.2) is 24.8 Å². The highest BCUT2D eigenvalue weighted by atomic mass is 35.5. The lowest BCUT2D eigenvalue weighted by molar-refractivity contribution is -0.133. The lowest BCUT2D eigenvalue weighted by atomic mass is 10.1. The maximum Gasteiger partial charge on any atom is 0.224 e. The fourth-order valence-electron chi connectivity index (χ4n) is 2.66. The second kappa shape index (κ2) is 7.23. The summed E-state index contributed by atoms with van der Waals surface area (Å²) < 4.78 is 14.7. The van der Waals surface area contributed by atoms with Crippen molar-refractivity contribution in [3.63, 3.8) is 0 Å². The van der Waals surface area contributed by atoms with Gasteiger partial charge in [0.2, 0.25) is 5.91 Å². The summed E-state index contributed by atoms with van der Waals surface area (Å²) in [5.74, 6) is 0.682. The molecular formula is C15H20ClN5O3. The molecule has 3 heterocycles. The largest absolute Gasteiger partial charge is 0.482 e. The molecule has 130 valence electrons. The van der Waals surface area contributed by atoms with Crippen LogP contribution in [0, 0.1) is 0 Å². The molecule has 1 amide bonds. The summed E-state index contributed by atoms with van der Waals surface area (Å²) in [6, 6.07) is -0.126. The predicted molar refractivity (Wildman–Crippen MR) is 86.9 cm³/mol. The topological polar surface area (TPSA) is 74.4 Å². The highest BCUT2D eigenvalue weighted by molar-refractivity contribution is 6.30. The second-order valence-corrected chi connectivity index (χ2v) is 6.22. The summed E-state index contributed by atoms with van der Waals surface area (Å²) in [5.41, 5.74) is 0. The molecule has 0 aliphatic carbocycles. The number of hydrogen-bond acceptors (Lipinski definition) is 5. The van der Waals surface area contributed by atoms with Gasteiger partial charge in [0.25, 0.3) is 0 Å². The standard InChI is InChI=1S/C15H20ClN5O3/c1-19-8-12(6-17-19)24-14-10-23-9-13(14)20(2)15(22)3-4-21-7-11(16)5-18-21/h5-8,13-14H,3-4,9-10H2,1-2H3/t13-,14+/m0/s1. The maximum atomic E-state index is 12.4. The molecule has 1 fully saturated rings. The van der Waals surface area contributed by atoms with E-state index in [4.69, 9.17) is 21.1 Å². The highest BCUT2D eigenvalue weighted by Crippen LogP contribution is 2.20. The van der Waals surface area contributed by atoms with Crippen molar-refractivity contribution in [2.45, 2.75) is 25.1 Å². The van der Waals surface area contributed by atoms with Gasteiger partial charge in [0.15, 0.2) is 5.75 Å². The van der Waals surface area contributed by atoms with E-state index in [0.29, 0.717) is 37.0 Å². The molecule has 0 N–H and O–H groups in total. The van der Waals surface area contributed by atoms with E-state index in [1.54, 1.807) is 46.1 Å². The van der Waals surface area contributed by atoms with Gasteiger partial charge in [-0.05, 0) is 0 Å². The third kappa shape index (κ3) is 3.88. The summed E-state index contributed by atoms with van der Waals surface area (Å²) in [6.45, 7) is 1.39. The summed E-state index contributed by atoms with van der Waals surface area (Å²) in [7, 11) is 3.60. The van der Waals surface area contributed by atoms with E-state index < -0.39 is 0 Å². The van der Waals surface area contributed by atoms with Gasteiger partial charge in [-0.2, -0.15) is 10.2 Å². The van der Waals surface area contributed by atoms with Crippen molar-refractivity contribution < 1.29 is 14.3 Å². The zero-order valence-electron chi connectivity index (χ0n) is 13.6. The van der Waals surface area contributed by atoms with Gasteiger partial charge in [-0.25, -0.2) is 0 Å². The number of likely N-dealkylation sites (N-methyl/N-ethyl adjacent to an activating group) is 1. The van der Waals surface area contributed by atoms with Gasteiger partial charge in [-0.1, -0.05) is 11.6 Å². The Morgan fingerprint density at radius 2 is 2.25 bits per heavy atom. The first kappa shape index (κ1) is 16.8. The Bertz CT molecular complexity index is 701. The van der Waals surface area contributed by atoms with Crippen molar-refractivity contribution in [3.05, 3.63) is 29.8 Å². The molecule has 1 aliphatic rings. The predicted octanol–water partition coefficient (Wildman–Crippen LogP) is 0.965. The lowest BCUT2D eigenvalue weighted by Gasteiger charge is -2.28. The summed E-state index contributed by atoms with van der Waals surface area (Å²) >= 11 is 5.82. The van der Waals surface area contributed by atoms with Crippen LogP contribution in [0.1, 0.15) is 6.42 Å². The van der Waals surface area contributed by atoms with Gasteiger partial charge in [-0.3, -0.25) is 14.2 Å². The van der Waals surface area contributed by atoms with Gasteiger partial charge >= 0.3 is 0 Å². The van der Waals surface area contributed by atoms with E-state index in [2.05, 4.69) is 10.2 Å². The van der Waals surface area contributed by atoms with Crippen LogP contribution < -0.4 is 4.74 Å². The number of carbonyl (C=O) groups is 1. The number of halogens is 1. The third-order valence-electron chi connectivity index (χ3n) is 4.02. The second-order valence-electron chi connectivity index (χ2n) is 5.79. The van der Waals surface area contributed by atoms with Crippen LogP contribution in [0.2, 0.25) is 5.02 Å². The molecule has 8 nitrogen and oxygen atoms in total. The minimum absolute atomic E-state index is 0.0110. The fourth-order valence-corrected chi connectivity index (χ4v) is 2.82. The Morgan fingerprint density at radius 1 is 1.42 bits per heavy atom. The first-order valence-electron chi connectivity index (χ1n) is 7.69. The van der Waals surface area contributed by atoms with Gasteiger partial charge in [-0.15, -0.1) is 0 Å². The van der Waals surface area contributed by atoms with Crippen LogP contribution in [0.5, 0.6) is 5.75 Å². The number of amides is 1. The van der Waals surface area contributed by atoms with Crippen LogP contribution in [0.4, 0.5) is 0 Å². The smallest absolute Gasteiger partial charge is 0.224 e. The molecule has 0 aromatic carbocycles. The minimum Gasteiger partial charge on any atom is -0.482 e. The average Bonchev–Trinajstić information content (AvgIpc) is 3.27. The molecule has 0 bridgehead atoms. The lowest BCUT2D eigenvalue weighted by Crippen LogP contribution is -2.46. The van der Waals surface area contributed by atoms with Crippen LogP contribution >= 0.6 is 11.6 Å². The molecule has 0 unspecified atom stereocenters. The number of carbonyl (C=O) groups excluding carboxylic acids is 1. The normalized spacial score (nSPS) is 20.3. The third-order valence-corrected chi connectivity index (χ3v) is 4.21. The Morgan fingerprint density at radius 3 is 2.92 bits per heavy atom. The van der Waals surface area contributed by atoms with Crippen LogP contribution in [-0.2, 0) is 23.1 Å². The van der Waals surface area contributed by atoms with E-state index in [1.165, 1.54) is 0 Å². The monoisotopic (exact) mass is 353 g/mol. The molecule has 3 rings (SSSR count). The van der Waals surface area contributed by atoms with Gasteiger partial charge < -0.3 is 14.4 Å². The van der Waals surface area contributed by atoms with E-state index in [0.717, 1.165) is 0 Å². The molecule has 9 heteroatoms. The fraction of sp³-hybridized carbons (Fsp3) is 0.533. The van der Waals surface area contributed by atoms with Crippen molar-refractivity contribution >= 4 is 17.5 Å². The van der Waals surface area contributed by atoms with Gasteiger partial charge in [0.1, 0.15) is 6.10 Å². The molecule has 24 heavy (non-hydrogen) atoms. The SMILES string of the molecule is CN(C(=O)CCn1cc(Cl)cn1)[C@H]1COC[C@H]1Oc1cnn(C)c1. The zero-order valence-corrected chi connectivity index (χ0v) is 14.4. The molecule has 0 radical (unpaired) electrons. The highest BCUT2D eigenvalue weighted by Gasteiger charge is 2.35. The van der Waals surface area contributed by atoms with Crippen LogP contribution in [0.25, 0.3) is 0 Å². The average molecular weight is 354 g/mol. The molecule has 1 aliphatic heterocycles. The first-order chi connectivity index (χ1) is 11.5. The Balaban J connectivity index is 1.55. The van der Waals surface area contributed by atoms with E-state index >= 15 is 0 Å². The van der Waals surface area contributed by atoms with Gasteiger partial charge in [0, 0.05) is 33.3 Å². The molecule has 2 aromatic heterocycles. The Hall–Kier alpha value is -2.06. The van der Waals surface area contributed by atoms with Crippen molar-refractivity contribution in [1.82, 2.24) is 24.5 Å². The molecule has 2 atom stereocenters. The number of aryl methyl sites for hydroxylation is 2. The molecule has 2 aromatic rings. The van der Waals surface area contributed by atoms with Crippen LogP contribution in [0.3, 0.4) is 0 Å². The Labute approximate surface area is 144 Å². The summed E-state index contributed by atoms with van der Waals surface area (Å²) in [6.07, 6.45) is 6.82. The zero-order chi connectivity index (χ0) is 17.1. The van der Waals surface area contributed by atoms with E-state index in [9.17, 15) is 4.79 Å². The quantitative estimate of drug-likeness (QED) is 0.773. The minimum atomic E-state index is -0.206. The van der Waals surface area contributed by atoms with Crippen LogP contribution in [-0.4, -0.2) is 62.8 Å². The van der Waals surface area contributed by atoms with E-state index in [-0.39, 0.29) is 18.1 Å².